The van der Waals surface area contributed by atoms with Crippen molar-refractivity contribution in [3.05, 3.63) is 82.1 Å². The number of hydrogen-bond donors (Lipinski definition) is 1. The Labute approximate surface area is 163 Å². The molecule has 0 spiro atoms. The van der Waals surface area contributed by atoms with E-state index < -0.39 is 0 Å². The third-order valence-electron chi connectivity index (χ3n) is 4.25. The Bertz CT molecular complexity index is 1200. The monoisotopic (exact) mass is 394 g/mol. The summed E-state index contributed by atoms with van der Waals surface area (Å²) in [5.41, 5.74) is 4.05. The summed E-state index contributed by atoms with van der Waals surface area (Å²) in [6.07, 6.45) is 1.43. The summed E-state index contributed by atoms with van der Waals surface area (Å²) in [6.45, 7) is 0.584. The van der Waals surface area contributed by atoms with E-state index in [4.69, 9.17) is 0 Å². The first-order valence-corrected chi connectivity index (χ1v) is 9.42. The maximum Gasteiger partial charge on any atom is 0.253 e. The van der Waals surface area contributed by atoms with Crippen molar-refractivity contribution in [1.82, 2.24) is 19.9 Å². The molecular formula is C20H15FN4O2S. The normalized spacial score (nSPS) is 10.9. The van der Waals surface area contributed by atoms with Crippen molar-refractivity contribution in [2.24, 2.45) is 0 Å². The van der Waals surface area contributed by atoms with Crippen LogP contribution in [0.3, 0.4) is 0 Å². The van der Waals surface area contributed by atoms with E-state index in [1.165, 1.54) is 40.4 Å². The van der Waals surface area contributed by atoms with Gasteiger partial charge in [-0.1, -0.05) is 0 Å². The highest BCUT2D eigenvalue weighted by atomic mass is 32.1. The molecule has 0 aliphatic rings. The van der Waals surface area contributed by atoms with Crippen LogP contribution in [0, 0.1) is 5.82 Å². The van der Waals surface area contributed by atoms with Gasteiger partial charge in [-0.3, -0.25) is 14.2 Å². The predicted octanol–water partition coefficient (Wildman–Crippen LogP) is 3.09. The fourth-order valence-electron chi connectivity index (χ4n) is 2.76. The molecule has 8 heteroatoms. The minimum Gasteiger partial charge on any atom is -0.350 e. The van der Waals surface area contributed by atoms with Crippen LogP contribution in [-0.4, -0.2) is 27.0 Å². The fourth-order valence-corrected chi connectivity index (χ4v) is 3.48. The zero-order chi connectivity index (χ0) is 19.5. The molecule has 1 N–H and O–H groups in total. The molecule has 0 saturated carbocycles. The van der Waals surface area contributed by atoms with Gasteiger partial charge < -0.3 is 5.32 Å². The van der Waals surface area contributed by atoms with Gasteiger partial charge in [-0.25, -0.2) is 14.4 Å². The van der Waals surface area contributed by atoms with E-state index in [1.807, 2.05) is 6.07 Å². The van der Waals surface area contributed by atoms with Crippen molar-refractivity contribution in [2.45, 2.75) is 6.54 Å². The number of carbonyl (C=O) groups is 1. The first-order valence-electron chi connectivity index (χ1n) is 8.54. The number of aromatic nitrogens is 3. The van der Waals surface area contributed by atoms with Gasteiger partial charge in [0.2, 0.25) is 0 Å². The third-order valence-corrected chi connectivity index (χ3v) is 5.04. The summed E-state index contributed by atoms with van der Waals surface area (Å²) in [6, 6.07) is 12.5. The average molecular weight is 394 g/mol. The SMILES string of the molecule is O=C(NCCn1cnc(-c2ccc(F)cc2)cc1=O)c1ccc2ncsc2c1. The van der Waals surface area contributed by atoms with E-state index in [0.29, 0.717) is 23.4 Å². The van der Waals surface area contributed by atoms with Gasteiger partial charge in [0.1, 0.15) is 5.82 Å². The Hall–Kier alpha value is -3.39. The van der Waals surface area contributed by atoms with Gasteiger partial charge in [0.15, 0.2) is 0 Å². The Morgan fingerprint density at radius 1 is 1.11 bits per heavy atom. The standard InChI is InChI=1S/C20H15FN4O2S/c21-15-4-1-13(2-5-15)17-10-19(26)25(11-23-17)8-7-22-20(27)14-3-6-16-18(9-14)28-12-24-16/h1-6,9-12H,7-8H2,(H,22,27). The molecule has 0 unspecified atom stereocenters. The molecule has 28 heavy (non-hydrogen) atoms. The van der Waals surface area contributed by atoms with Crippen LogP contribution >= 0.6 is 11.3 Å². The number of hydrogen-bond acceptors (Lipinski definition) is 5. The lowest BCUT2D eigenvalue weighted by Crippen LogP contribution is -2.30. The summed E-state index contributed by atoms with van der Waals surface area (Å²) >= 11 is 1.48. The molecule has 0 radical (unpaired) electrons. The number of thiazole rings is 1. The second kappa shape index (κ2) is 7.69. The van der Waals surface area contributed by atoms with E-state index >= 15 is 0 Å². The van der Waals surface area contributed by atoms with E-state index in [9.17, 15) is 14.0 Å². The minimum atomic E-state index is -0.345. The summed E-state index contributed by atoms with van der Waals surface area (Å²) < 4.78 is 15.4. The molecule has 2 aromatic carbocycles. The van der Waals surface area contributed by atoms with E-state index in [2.05, 4.69) is 15.3 Å². The lowest BCUT2D eigenvalue weighted by Gasteiger charge is -2.08. The number of nitrogens with one attached hydrogen (secondary N) is 1. The van der Waals surface area contributed by atoms with Gasteiger partial charge in [0.25, 0.3) is 11.5 Å². The Morgan fingerprint density at radius 2 is 1.93 bits per heavy atom. The smallest absolute Gasteiger partial charge is 0.253 e. The van der Waals surface area contributed by atoms with Crippen LogP contribution in [0.2, 0.25) is 0 Å². The highest BCUT2D eigenvalue weighted by molar-refractivity contribution is 7.16. The van der Waals surface area contributed by atoms with E-state index in [0.717, 1.165) is 10.2 Å². The zero-order valence-electron chi connectivity index (χ0n) is 14.6. The minimum absolute atomic E-state index is 0.209. The van der Waals surface area contributed by atoms with Crippen molar-refractivity contribution >= 4 is 27.5 Å². The number of benzene rings is 2. The molecule has 0 aliphatic heterocycles. The molecule has 1 amide bonds. The van der Waals surface area contributed by atoms with Crippen LogP contribution in [0.25, 0.3) is 21.5 Å². The second-order valence-corrected chi connectivity index (χ2v) is 6.99. The highest BCUT2D eigenvalue weighted by Gasteiger charge is 2.08. The van der Waals surface area contributed by atoms with Crippen LogP contribution in [0.1, 0.15) is 10.4 Å². The zero-order valence-corrected chi connectivity index (χ0v) is 15.4. The van der Waals surface area contributed by atoms with Gasteiger partial charge in [0, 0.05) is 30.3 Å². The molecule has 0 bridgehead atoms. The van der Waals surface area contributed by atoms with Gasteiger partial charge in [-0.15, -0.1) is 11.3 Å². The molecule has 4 aromatic rings. The van der Waals surface area contributed by atoms with Crippen LogP contribution in [0.4, 0.5) is 4.39 Å². The molecule has 2 heterocycles. The van der Waals surface area contributed by atoms with Crippen LogP contribution in [0.15, 0.2) is 65.2 Å². The van der Waals surface area contributed by atoms with Crippen molar-refractivity contribution < 1.29 is 9.18 Å². The van der Waals surface area contributed by atoms with E-state index in [-0.39, 0.29) is 23.8 Å². The number of halogens is 1. The van der Waals surface area contributed by atoms with Crippen molar-refractivity contribution in [2.75, 3.05) is 6.54 Å². The molecular weight excluding hydrogens is 379 g/mol. The van der Waals surface area contributed by atoms with Crippen LogP contribution in [0.5, 0.6) is 0 Å². The first kappa shape index (κ1) is 18.0. The van der Waals surface area contributed by atoms with Crippen molar-refractivity contribution in [3.8, 4) is 11.3 Å². The third kappa shape index (κ3) is 3.81. The molecule has 0 atom stereocenters. The first-order chi connectivity index (χ1) is 13.6. The molecule has 0 fully saturated rings. The highest BCUT2D eigenvalue weighted by Crippen LogP contribution is 2.19. The van der Waals surface area contributed by atoms with E-state index in [1.54, 1.807) is 29.8 Å². The maximum absolute atomic E-state index is 13.0. The van der Waals surface area contributed by atoms with Gasteiger partial charge >= 0.3 is 0 Å². The predicted molar refractivity (Wildman–Crippen MR) is 106 cm³/mol. The number of nitrogens with zero attached hydrogens (tertiary/aromatic N) is 3. The maximum atomic E-state index is 13.0. The topological polar surface area (TPSA) is 76.9 Å². The summed E-state index contributed by atoms with van der Waals surface area (Å²) in [5, 5.41) is 2.80. The van der Waals surface area contributed by atoms with Crippen molar-refractivity contribution in [3.63, 3.8) is 0 Å². The van der Waals surface area contributed by atoms with Gasteiger partial charge in [0.05, 0.1) is 27.7 Å². The number of amides is 1. The average Bonchev–Trinajstić information content (AvgIpc) is 3.17. The van der Waals surface area contributed by atoms with Crippen molar-refractivity contribution in [1.29, 1.82) is 0 Å². The van der Waals surface area contributed by atoms with Gasteiger partial charge in [-0.05, 0) is 42.5 Å². The lowest BCUT2D eigenvalue weighted by atomic mass is 10.1. The van der Waals surface area contributed by atoms with Crippen LogP contribution < -0.4 is 10.9 Å². The Kier molecular flexibility index (Phi) is 4.94. The molecule has 0 aliphatic carbocycles. The van der Waals surface area contributed by atoms with Gasteiger partial charge in [-0.2, -0.15) is 0 Å². The Morgan fingerprint density at radius 3 is 2.71 bits per heavy atom. The summed E-state index contributed by atoms with van der Waals surface area (Å²) in [7, 11) is 0. The second-order valence-electron chi connectivity index (χ2n) is 6.10. The Balaban J connectivity index is 1.39. The molecule has 140 valence electrons. The molecule has 0 saturated heterocycles. The number of fused-ring (bicyclic) bond motifs is 1. The molecule has 4 rings (SSSR count). The lowest BCUT2D eigenvalue weighted by molar-refractivity contribution is 0.0952. The quantitative estimate of drug-likeness (QED) is 0.564. The largest absolute Gasteiger partial charge is 0.350 e. The summed E-state index contributed by atoms with van der Waals surface area (Å²) in [5.74, 6) is -0.554. The fraction of sp³-hybridized carbons (Fsp3) is 0.100. The number of rotatable bonds is 5. The molecule has 2 aromatic heterocycles. The molecule has 6 nitrogen and oxygen atoms in total. The number of carbonyl (C=O) groups excluding carboxylic acids is 1. The van der Waals surface area contributed by atoms with Crippen LogP contribution in [-0.2, 0) is 6.54 Å². The summed E-state index contributed by atoms with van der Waals surface area (Å²) in [4.78, 5) is 33.0.